The Kier molecular flexibility index (Phi) is 3.33. The molecular weight excluding hydrogens is 231 g/mol. The Morgan fingerprint density at radius 2 is 2.12 bits per heavy atom. The fourth-order valence-electron chi connectivity index (χ4n) is 1.58. The number of fused-ring (bicyclic) bond motifs is 1. The molecule has 0 saturated heterocycles. The van der Waals surface area contributed by atoms with Crippen LogP contribution in [0.25, 0.3) is 5.52 Å². The van der Waals surface area contributed by atoms with Crippen LogP contribution in [-0.4, -0.2) is 22.3 Å². The maximum absolute atomic E-state index is 11.9. The summed E-state index contributed by atoms with van der Waals surface area (Å²) in [6.07, 6.45) is -1.45. The lowest BCUT2D eigenvalue weighted by molar-refractivity contribution is -0.133. The first-order valence-corrected chi connectivity index (χ1v) is 5.25. The molecule has 0 aliphatic rings. The van der Waals surface area contributed by atoms with E-state index in [2.05, 4.69) is 10.4 Å². The van der Waals surface area contributed by atoms with E-state index in [1.807, 2.05) is 18.2 Å². The highest BCUT2D eigenvalue weighted by Crippen LogP contribution is 2.18. The first kappa shape index (κ1) is 11.9. The molecule has 0 bridgehead atoms. The van der Waals surface area contributed by atoms with Gasteiger partial charge >= 0.3 is 6.18 Å². The Morgan fingerprint density at radius 1 is 1.29 bits per heavy atom. The van der Waals surface area contributed by atoms with Crippen molar-refractivity contribution < 1.29 is 13.2 Å². The minimum atomic E-state index is -4.10. The number of hydrogen-bond acceptors (Lipinski definition) is 2. The molecule has 2 aromatic heterocycles. The van der Waals surface area contributed by atoms with Crippen molar-refractivity contribution in [2.24, 2.45) is 0 Å². The molecule has 1 N–H and O–H groups in total. The normalized spacial score (nSPS) is 12.2. The van der Waals surface area contributed by atoms with Crippen LogP contribution in [-0.2, 0) is 6.54 Å². The van der Waals surface area contributed by atoms with Gasteiger partial charge in [0.05, 0.1) is 18.1 Å². The van der Waals surface area contributed by atoms with Crippen LogP contribution < -0.4 is 5.32 Å². The minimum absolute atomic E-state index is 0.0757. The average Bonchev–Trinajstić information content (AvgIpc) is 2.67. The van der Waals surface area contributed by atoms with Crippen LogP contribution in [0.1, 0.15) is 12.0 Å². The van der Waals surface area contributed by atoms with E-state index in [-0.39, 0.29) is 6.54 Å². The first-order chi connectivity index (χ1) is 8.06. The summed E-state index contributed by atoms with van der Waals surface area (Å²) in [4.78, 5) is 0. The molecular formula is C11H12F3N3. The van der Waals surface area contributed by atoms with Crippen LogP contribution in [0.4, 0.5) is 13.2 Å². The Balaban J connectivity index is 1.91. The van der Waals surface area contributed by atoms with E-state index >= 15 is 0 Å². The molecule has 0 unspecified atom stereocenters. The van der Waals surface area contributed by atoms with E-state index < -0.39 is 12.6 Å². The smallest absolute Gasteiger partial charge is 0.312 e. The fraction of sp³-hybridized carbons (Fsp3) is 0.364. The number of nitrogens with zero attached hydrogens (tertiary/aromatic N) is 2. The zero-order valence-electron chi connectivity index (χ0n) is 9.04. The molecule has 0 atom stereocenters. The SMILES string of the molecule is FC(F)(F)CCNCc1cnn2ccccc12. The molecule has 0 radical (unpaired) electrons. The van der Waals surface area contributed by atoms with Crippen molar-refractivity contribution in [1.29, 1.82) is 0 Å². The molecule has 0 fully saturated rings. The second kappa shape index (κ2) is 4.75. The van der Waals surface area contributed by atoms with E-state index in [9.17, 15) is 13.2 Å². The standard InChI is InChI=1S/C11H12F3N3/c12-11(13,14)4-5-15-7-9-8-16-17-6-2-1-3-10(9)17/h1-3,6,8,15H,4-5,7H2. The first-order valence-electron chi connectivity index (χ1n) is 5.25. The Hall–Kier alpha value is -1.56. The maximum atomic E-state index is 11.9. The molecule has 0 aliphatic carbocycles. The van der Waals surface area contributed by atoms with Gasteiger partial charge < -0.3 is 5.32 Å². The third kappa shape index (κ3) is 3.20. The summed E-state index contributed by atoms with van der Waals surface area (Å²) in [7, 11) is 0. The lowest BCUT2D eigenvalue weighted by atomic mass is 10.2. The van der Waals surface area contributed by atoms with Gasteiger partial charge in [-0.15, -0.1) is 0 Å². The van der Waals surface area contributed by atoms with Crippen LogP contribution in [0.3, 0.4) is 0 Å². The van der Waals surface area contributed by atoms with Crippen molar-refractivity contribution in [3.05, 3.63) is 36.2 Å². The molecule has 2 aromatic rings. The Bertz CT molecular complexity index is 490. The molecule has 92 valence electrons. The monoisotopic (exact) mass is 243 g/mol. The summed E-state index contributed by atoms with van der Waals surface area (Å²) >= 11 is 0. The number of hydrogen-bond donors (Lipinski definition) is 1. The van der Waals surface area contributed by atoms with Gasteiger partial charge in [-0.2, -0.15) is 18.3 Å². The van der Waals surface area contributed by atoms with Crippen molar-refractivity contribution >= 4 is 5.52 Å². The number of nitrogens with one attached hydrogen (secondary N) is 1. The summed E-state index contributed by atoms with van der Waals surface area (Å²) in [6.45, 7) is 0.317. The van der Waals surface area contributed by atoms with Gasteiger partial charge in [0, 0.05) is 24.8 Å². The van der Waals surface area contributed by atoms with Crippen molar-refractivity contribution in [2.45, 2.75) is 19.1 Å². The largest absolute Gasteiger partial charge is 0.390 e. The summed E-state index contributed by atoms with van der Waals surface area (Å²) in [5, 5.41) is 6.86. The highest BCUT2D eigenvalue weighted by Gasteiger charge is 2.25. The molecule has 0 aliphatic heterocycles. The molecule has 6 heteroatoms. The fourth-order valence-corrected chi connectivity index (χ4v) is 1.58. The molecule has 0 saturated carbocycles. The quantitative estimate of drug-likeness (QED) is 0.835. The van der Waals surface area contributed by atoms with Gasteiger partial charge in [-0.25, -0.2) is 4.52 Å². The third-order valence-electron chi connectivity index (χ3n) is 2.41. The van der Waals surface area contributed by atoms with E-state index in [0.717, 1.165) is 11.1 Å². The zero-order valence-corrected chi connectivity index (χ0v) is 9.04. The van der Waals surface area contributed by atoms with Crippen molar-refractivity contribution in [2.75, 3.05) is 6.54 Å². The van der Waals surface area contributed by atoms with Crippen LogP contribution >= 0.6 is 0 Å². The highest BCUT2D eigenvalue weighted by molar-refractivity contribution is 5.53. The Labute approximate surface area is 96.2 Å². The summed E-state index contributed by atoms with van der Waals surface area (Å²) in [5.41, 5.74) is 1.81. The average molecular weight is 243 g/mol. The molecule has 0 amide bonds. The number of pyridine rings is 1. The van der Waals surface area contributed by atoms with Crippen molar-refractivity contribution in [1.82, 2.24) is 14.9 Å². The van der Waals surface area contributed by atoms with Crippen LogP contribution in [0, 0.1) is 0 Å². The zero-order chi connectivity index (χ0) is 12.3. The maximum Gasteiger partial charge on any atom is 0.390 e. The van der Waals surface area contributed by atoms with Crippen molar-refractivity contribution in [3.63, 3.8) is 0 Å². The van der Waals surface area contributed by atoms with Crippen LogP contribution in [0.2, 0.25) is 0 Å². The van der Waals surface area contributed by atoms with Gasteiger partial charge in [0.15, 0.2) is 0 Å². The molecule has 2 heterocycles. The van der Waals surface area contributed by atoms with Crippen LogP contribution in [0.15, 0.2) is 30.6 Å². The topological polar surface area (TPSA) is 29.3 Å². The summed E-state index contributed by atoms with van der Waals surface area (Å²) < 4.78 is 37.4. The third-order valence-corrected chi connectivity index (χ3v) is 2.41. The number of aromatic nitrogens is 2. The van der Waals surface area contributed by atoms with E-state index in [1.54, 1.807) is 16.9 Å². The second-order valence-electron chi connectivity index (χ2n) is 3.74. The minimum Gasteiger partial charge on any atom is -0.312 e. The predicted octanol–water partition coefficient (Wildman–Crippen LogP) is 2.38. The Morgan fingerprint density at radius 3 is 2.88 bits per heavy atom. The van der Waals surface area contributed by atoms with Crippen molar-refractivity contribution in [3.8, 4) is 0 Å². The molecule has 0 spiro atoms. The predicted molar refractivity (Wildman–Crippen MR) is 57.6 cm³/mol. The van der Waals surface area contributed by atoms with E-state index in [4.69, 9.17) is 0 Å². The lowest BCUT2D eigenvalue weighted by Gasteiger charge is -2.06. The number of halogens is 3. The van der Waals surface area contributed by atoms with Gasteiger partial charge in [-0.05, 0) is 12.1 Å². The summed E-state index contributed by atoms with van der Waals surface area (Å²) in [6, 6.07) is 5.60. The van der Waals surface area contributed by atoms with Gasteiger partial charge in [0.25, 0.3) is 0 Å². The van der Waals surface area contributed by atoms with E-state index in [1.165, 1.54) is 0 Å². The molecule has 17 heavy (non-hydrogen) atoms. The number of alkyl halides is 3. The van der Waals surface area contributed by atoms with Gasteiger partial charge in [0.1, 0.15) is 0 Å². The van der Waals surface area contributed by atoms with Gasteiger partial charge in [0.2, 0.25) is 0 Å². The highest BCUT2D eigenvalue weighted by atomic mass is 19.4. The molecule has 2 rings (SSSR count). The van der Waals surface area contributed by atoms with Crippen LogP contribution in [0.5, 0.6) is 0 Å². The lowest BCUT2D eigenvalue weighted by Crippen LogP contribution is -2.21. The number of rotatable bonds is 4. The van der Waals surface area contributed by atoms with Gasteiger partial charge in [-0.3, -0.25) is 0 Å². The summed E-state index contributed by atoms with van der Waals surface area (Å²) in [5.74, 6) is 0. The second-order valence-corrected chi connectivity index (χ2v) is 3.74. The van der Waals surface area contributed by atoms with Gasteiger partial charge in [-0.1, -0.05) is 6.07 Å². The molecule has 3 nitrogen and oxygen atoms in total. The van der Waals surface area contributed by atoms with E-state index in [0.29, 0.717) is 6.54 Å². The molecule has 0 aromatic carbocycles.